The van der Waals surface area contributed by atoms with Crippen molar-refractivity contribution in [3.63, 3.8) is 0 Å². The molecule has 0 bridgehead atoms. The number of H-pyrrole nitrogens is 2. The summed E-state index contributed by atoms with van der Waals surface area (Å²) in [5.41, 5.74) is 0.584. The van der Waals surface area contributed by atoms with Crippen molar-refractivity contribution in [3.05, 3.63) is 17.0 Å². The standard InChI is InChI=1S/C8H9N5O2S/c1-4(7(14)15)13-6(11-12-8(13)16)5-2-3-9-10-5/h2-4H,1H3,(H,9,10)(H,12,16)(H,14,15)/p-1/t4-/m1/s1. The molecule has 8 heteroatoms. The van der Waals surface area contributed by atoms with Crippen LogP contribution in [0.5, 0.6) is 0 Å². The highest BCUT2D eigenvalue weighted by Gasteiger charge is 2.15. The Labute approximate surface area is 95.1 Å². The highest BCUT2D eigenvalue weighted by Crippen LogP contribution is 2.18. The molecule has 7 nitrogen and oxygen atoms in total. The summed E-state index contributed by atoms with van der Waals surface area (Å²) in [4.78, 5) is 10.8. The van der Waals surface area contributed by atoms with Gasteiger partial charge in [0.2, 0.25) is 0 Å². The van der Waals surface area contributed by atoms with Gasteiger partial charge in [0.15, 0.2) is 10.6 Å². The Balaban J connectivity index is 2.57. The summed E-state index contributed by atoms with van der Waals surface area (Å²) in [6.45, 7) is 1.47. The van der Waals surface area contributed by atoms with Crippen molar-refractivity contribution < 1.29 is 9.90 Å². The summed E-state index contributed by atoms with van der Waals surface area (Å²) in [6, 6.07) is 0.772. The van der Waals surface area contributed by atoms with Crippen molar-refractivity contribution in [2.45, 2.75) is 13.0 Å². The Morgan fingerprint density at radius 1 is 1.62 bits per heavy atom. The van der Waals surface area contributed by atoms with Crippen molar-refractivity contribution in [1.29, 1.82) is 0 Å². The van der Waals surface area contributed by atoms with Gasteiger partial charge in [0.25, 0.3) is 0 Å². The first-order chi connectivity index (χ1) is 7.61. The van der Waals surface area contributed by atoms with E-state index in [1.807, 2.05) is 0 Å². The van der Waals surface area contributed by atoms with Crippen molar-refractivity contribution in [2.24, 2.45) is 0 Å². The maximum Gasteiger partial charge on any atom is 0.196 e. The summed E-state index contributed by atoms with van der Waals surface area (Å²) in [5.74, 6) is -0.836. The molecule has 0 aliphatic heterocycles. The third-order valence-electron chi connectivity index (χ3n) is 2.17. The van der Waals surface area contributed by atoms with Gasteiger partial charge in [0, 0.05) is 6.20 Å². The number of aromatic nitrogens is 5. The predicted molar refractivity (Wildman–Crippen MR) is 54.7 cm³/mol. The average Bonchev–Trinajstić information content (AvgIpc) is 2.84. The molecule has 0 fully saturated rings. The number of rotatable bonds is 3. The molecule has 2 rings (SSSR count). The Morgan fingerprint density at radius 2 is 2.38 bits per heavy atom. The number of nitrogens with one attached hydrogen (secondary N) is 2. The third-order valence-corrected chi connectivity index (χ3v) is 2.46. The van der Waals surface area contributed by atoms with E-state index in [2.05, 4.69) is 20.4 Å². The summed E-state index contributed by atoms with van der Waals surface area (Å²) < 4.78 is 1.58. The highest BCUT2D eigenvalue weighted by atomic mass is 32.1. The van der Waals surface area contributed by atoms with Crippen LogP contribution >= 0.6 is 12.2 Å². The molecule has 0 aliphatic carbocycles. The highest BCUT2D eigenvalue weighted by molar-refractivity contribution is 7.71. The van der Waals surface area contributed by atoms with Crippen LogP contribution in [-0.2, 0) is 4.79 Å². The van der Waals surface area contributed by atoms with Crippen LogP contribution in [0.2, 0.25) is 0 Å². The molecule has 0 saturated carbocycles. The van der Waals surface area contributed by atoms with E-state index in [-0.39, 0.29) is 4.77 Å². The molecule has 0 radical (unpaired) electrons. The Bertz CT molecular complexity index is 555. The van der Waals surface area contributed by atoms with Gasteiger partial charge in [0.1, 0.15) is 5.69 Å². The van der Waals surface area contributed by atoms with Crippen LogP contribution in [0.3, 0.4) is 0 Å². The van der Waals surface area contributed by atoms with Gasteiger partial charge in [0.05, 0.1) is 12.0 Å². The molecule has 84 valence electrons. The minimum Gasteiger partial charge on any atom is -0.548 e. The molecule has 0 unspecified atom stereocenters. The van der Waals surface area contributed by atoms with E-state index < -0.39 is 12.0 Å². The number of carboxylic acids is 1. The number of carboxylic acid groups (broad SMARTS) is 1. The molecule has 0 aromatic carbocycles. The molecule has 2 heterocycles. The van der Waals surface area contributed by atoms with E-state index >= 15 is 0 Å². The maximum absolute atomic E-state index is 10.8. The molecular weight excluding hydrogens is 230 g/mol. The average molecular weight is 238 g/mol. The van der Waals surface area contributed by atoms with Gasteiger partial charge >= 0.3 is 0 Å². The first kappa shape index (κ1) is 10.6. The van der Waals surface area contributed by atoms with E-state index in [4.69, 9.17) is 12.2 Å². The topological polar surface area (TPSA) is 102 Å². The smallest absolute Gasteiger partial charge is 0.196 e. The summed E-state index contributed by atoms with van der Waals surface area (Å²) in [7, 11) is 0. The van der Waals surface area contributed by atoms with Gasteiger partial charge in [-0.1, -0.05) is 0 Å². The van der Waals surface area contributed by atoms with Crippen LogP contribution < -0.4 is 5.11 Å². The number of carbonyl (C=O) groups is 1. The second-order valence-corrected chi connectivity index (χ2v) is 3.57. The molecule has 0 amide bonds. The van der Waals surface area contributed by atoms with Crippen LogP contribution in [0.25, 0.3) is 11.5 Å². The van der Waals surface area contributed by atoms with Crippen LogP contribution in [0.1, 0.15) is 13.0 Å². The van der Waals surface area contributed by atoms with Crippen LogP contribution in [0.4, 0.5) is 0 Å². The van der Waals surface area contributed by atoms with Crippen LogP contribution in [0, 0.1) is 4.77 Å². The quantitative estimate of drug-likeness (QED) is 0.711. The van der Waals surface area contributed by atoms with Crippen molar-refractivity contribution in [1.82, 2.24) is 25.0 Å². The fourth-order valence-electron chi connectivity index (χ4n) is 1.34. The Morgan fingerprint density at radius 3 is 2.94 bits per heavy atom. The zero-order valence-corrected chi connectivity index (χ0v) is 9.11. The molecule has 2 aromatic heterocycles. The van der Waals surface area contributed by atoms with Gasteiger partial charge in [-0.25, -0.2) is 0 Å². The van der Waals surface area contributed by atoms with Crippen LogP contribution in [-0.4, -0.2) is 30.9 Å². The van der Waals surface area contributed by atoms with Gasteiger partial charge in [-0.3, -0.25) is 14.8 Å². The Hall–Kier alpha value is -1.96. The van der Waals surface area contributed by atoms with Gasteiger partial charge in [-0.05, 0) is 25.2 Å². The first-order valence-electron chi connectivity index (χ1n) is 4.48. The van der Waals surface area contributed by atoms with Crippen molar-refractivity contribution in [3.8, 4) is 11.5 Å². The zero-order valence-electron chi connectivity index (χ0n) is 8.30. The number of aliphatic carboxylic acids is 1. The molecule has 2 N–H and O–H groups in total. The fraction of sp³-hybridized carbons (Fsp3) is 0.250. The zero-order chi connectivity index (χ0) is 11.7. The molecule has 0 saturated heterocycles. The second-order valence-electron chi connectivity index (χ2n) is 3.19. The van der Waals surface area contributed by atoms with Crippen LogP contribution in [0.15, 0.2) is 12.3 Å². The maximum atomic E-state index is 10.8. The van der Waals surface area contributed by atoms with Gasteiger partial charge in [-0.2, -0.15) is 10.2 Å². The Kier molecular flexibility index (Phi) is 2.57. The number of carbonyl (C=O) groups excluding carboxylic acids is 1. The molecule has 0 aliphatic rings. The van der Waals surface area contributed by atoms with E-state index in [9.17, 15) is 9.90 Å². The summed E-state index contributed by atoms with van der Waals surface area (Å²) >= 11 is 4.96. The number of aromatic amines is 2. The lowest BCUT2D eigenvalue weighted by atomic mass is 10.3. The monoisotopic (exact) mass is 238 g/mol. The number of hydrogen-bond acceptors (Lipinski definition) is 5. The molecule has 0 spiro atoms. The van der Waals surface area contributed by atoms with E-state index in [0.717, 1.165) is 0 Å². The molecule has 2 aromatic rings. The SMILES string of the molecule is C[C@H](C(=O)[O-])n1c(-c2ccn[nH]2)n[nH]c1=S. The van der Waals surface area contributed by atoms with Crippen molar-refractivity contribution >= 4 is 18.2 Å². The van der Waals surface area contributed by atoms with E-state index in [0.29, 0.717) is 11.5 Å². The van der Waals surface area contributed by atoms with Gasteiger partial charge < -0.3 is 9.90 Å². The summed E-state index contributed by atoms with van der Waals surface area (Å²) in [6.07, 6.45) is 1.54. The van der Waals surface area contributed by atoms with Gasteiger partial charge in [-0.15, -0.1) is 0 Å². The number of hydrogen-bond donors (Lipinski definition) is 2. The first-order valence-corrected chi connectivity index (χ1v) is 4.89. The predicted octanol–water partition coefficient (Wildman–Crippen LogP) is -0.358. The molecule has 1 atom stereocenters. The third kappa shape index (κ3) is 1.63. The lowest BCUT2D eigenvalue weighted by Crippen LogP contribution is -2.32. The fourth-order valence-corrected chi connectivity index (χ4v) is 1.63. The normalized spacial score (nSPS) is 12.6. The van der Waals surface area contributed by atoms with E-state index in [1.54, 1.807) is 12.3 Å². The second kappa shape index (κ2) is 3.89. The lowest BCUT2D eigenvalue weighted by Gasteiger charge is -2.15. The lowest BCUT2D eigenvalue weighted by molar-refractivity contribution is -0.309. The minimum atomic E-state index is -1.22. The van der Waals surface area contributed by atoms with Crippen molar-refractivity contribution in [2.75, 3.05) is 0 Å². The molecule has 16 heavy (non-hydrogen) atoms. The van der Waals surface area contributed by atoms with E-state index in [1.165, 1.54) is 11.5 Å². The largest absolute Gasteiger partial charge is 0.548 e. The summed E-state index contributed by atoms with van der Waals surface area (Å²) in [5, 5.41) is 23.8. The minimum absolute atomic E-state index is 0.223. The number of nitrogens with zero attached hydrogens (tertiary/aromatic N) is 3. The molecular formula is C8H8N5O2S-.